The molecule has 12 heavy (non-hydrogen) atoms. The fraction of sp³-hybridized carbons (Fsp3) is 0.400. The molecule has 0 aromatic carbocycles. The highest BCUT2D eigenvalue weighted by Crippen LogP contribution is 2.11. The number of allylic oxidation sites excluding steroid dienone is 4. The molecule has 0 aliphatic rings. The number of nitrogens with zero attached hydrogens (tertiary/aromatic N) is 2. The van der Waals surface area contributed by atoms with Crippen molar-refractivity contribution in [2.75, 3.05) is 0 Å². The molecule has 0 radical (unpaired) electrons. The molecule has 0 saturated heterocycles. The van der Waals surface area contributed by atoms with Crippen LogP contribution in [-0.4, -0.2) is 0 Å². The Bertz CT molecular complexity index is 210. The van der Waals surface area contributed by atoms with Gasteiger partial charge in [0.15, 0.2) is 0 Å². The second-order valence-electron chi connectivity index (χ2n) is 2.67. The van der Waals surface area contributed by atoms with E-state index in [1.165, 1.54) is 6.20 Å². The van der Waals surface area contributed by atoms with Crippen molar-refractivity contribution in [3.8, 4) is 0 Å². The van der Waals surface area contributed by atoms with Crippen molar-refractivity contribution < 1.29 is 0 Å². The summed E-state index contributed by atoms with van der Waals surface area (Å²) in [5.41, 5.74) is 0.966. The van der Waals surface area contributed by atoms with Gasteiger partial charge in [-0.15, -0.1) is 0 Å². The molecule has 0 amide bonds. The van der Waals surface area contributed by atoms with Crippen molar-refractivity contribution in [3.63, 3.8) is 0 Å². The van der Waals surface area contributed by atoms with Gasteiger partial charge in [0.2, 0.25) is 0 Å². The van der Waals surface area contributed by atoms with Crippen LogP contribution in [0.3, 0.4) is 0 Å². The largest absolute Gasteiger partial charge is 0.160 e. The summed E-state index contributed by atoms with van der Waals surface area (Å²) in [4.78, 5) is 0. The van der Waals surface area contributed by atoms with Crippen molar-refractivity contribution in [2.24, 2.45) is 16.1 Å². The van der Waals surface area contributed by atoms with Crippen LogP contribution in [-0.2, 0) is 0 Å². The topological polar surface area (TPSA) is 24.7 Å². The summed E-state index contributed by atoms with van der Waals surface area (Å²) in [6, 6.07) is 0. The molecule has 0 N–H and O–H groups in total. The molecular formula is C10H16N2. The zero-order chi connectivity index (χ0) is 9.40. The van der Waals surface area contributed by atoms with Gasteiger partial charge in [0.05, 0.1) is 5.70 Å². The van der Waals surface area contributed by atoms with Crippen LogP contribution >= 0.6 is 0 Å². The second-order valence-corrected chi connectivity index (χ2v) is 2.67. The third kappa shape index (κ3) is 4.61. The third-order valence-electron chi connectivity index (χ3n) is 1.31. The van der Waals surface area contributed by atoms with Crippen molar-refractivity contribution in [1.29, 1.82) is 0 Å². The van der Waals surface area contributed by atoms with Crippen LogP contribution in [0.2, 0.25) is 0 Å². The summed E-state index contributed by atoms with van der Waals surface area (Å²) >= 11 is 0. The molecule has 0 atom stereocenters. The molecule has 0 unspecified atom stereocenters. The van der Waals surface area contributed by atoms with Crippen LogP contribution in [0.25, 0.3) is 0 Å². The molecule has 0 aliphatic carbocycles. The van der Waals surface area contributed by atoms with Crippen LogP contribution < -0.4 is 0 Å². The normalized spacial score (nSPS) is 13.5. The zero-order valence-electron chi connectivity index (χ0n) is 7.99. The predicted molar refractivity (Wildman–Crippen MR) is 52.8 cm³/mol. The average molecular weight is 164 g/mol. The summed E-state index contributed by atoms with van der Waals surface area (Å²) < 4.78 is 0. The van der Waals surface area contributed by atoms with Gasteiger partial charge in [0.1, 0.15) is 0 Å². The standard InChI is InChI=1S/C10H16N2/c1-5-7-8-10(9(3)4)12-11-6-2/h5-9H,2H2,1,3-4H3/b7-5+,10-8-,12-11-. The van der Waals surface area contributed by atoms with Gasteiger partial charge in [-0.3, -0.25) is 0 Å². The minimum absolute atomic E-state index is 0.393. The van der Waals surface area contributed by atoms with Gasteiger partial charge in [0.25, 0.3) is 0 Å². The van der Waals surface area contributed by atoms with Gasteiger partial charge in [-0.1, -0.05) is 32.6 Å². The first-order valence-electron chi connectivity index (χ1n) is 4.07. The molecule has 0 aromatic heterocycles. The molecule has 2 nitrogen and oxygen atoms in total. The van der Waals surface area contributed by atoms with Crippen molar-refractivity contribution >= 4 is 0 Å². The maximum absolute atomic E-state index is 4.00. The van der Waals surface area contributed by atoms with E-state index in [1.54, 1.807) is 0 Å². The van der Waals surface area contributed by atoms with Crippen LogP contribution in [0, 0.1) is 5.92 Å². The summed E-state index contributed by atoms with van der Waals surface area (Å²) in [5, 5.41) is 7.73. The molecule has 0 aliphatic heterocycles. The van der Waals surface area contributed by atoms with Gasteiger partial charge in [0, 0.05) is 6.20 Å². The Kier molecular flexibility index (Phi) is 5.88. The van der Waals surface area contributed by atoms with E-state index in [0.717, 1.165) is 5.70 Å². The third-order valence-corrected chi connectivity index (χ3v) is 1.31. The molecule has 2 heteroatoms. The van der Waals surface area contributed by atoms with Gasteiger partial charge >= 0.3 is 0 Å². The first-order valence-corrected chi connectivity index (χ1v) is 4.07. The van der Waals surface area contributed by atoms with Gasteiger partial charge in [-0.2, -0.15) is 10.2 Å². The van der Waals surface area contributed by atoms with E-state index < -0.39 is 0 Å². The fourth-order valence-corrected chi connectivity index (χ4v) is 0.644. The van der Waals surface area contributed by atoms with Crippen molar-refractivity contribution in [3.05, 3.63) is 36.7 Å². The number of hydrogen-bond acceptors (Lipinski definition) is 2. The quantitative estimate of drug-likeness (QED) is 0.447. The van der Waals surface area contributed by atoms with E-state index in [-0.39, 0.29) is 0 Å². The molecule has 0 bridgehead atoms. The lowest BCUT2D eigenvalue weighted by atomic mass is 10.1. The van der Waals surface area contributed by atoms with Gasteiger partial charge in [-0.05, 0) is 18.9 Å². The molecule has 66 valence electrons. The van der Waals surface area contributed by atoms with E-state index in [9.17, 15) is 0 Å². The molecule has 0 spiro atoms. The molecular weight excluding hydrogens is 148 g/mol. The second kappa shape index (κ2) is 6.53. The van der Waals surface area contributed by atoms with Gasteiger partial charge in [-0.25, -0.2) is 0 Å². The van der Waals surface area contributed by atoms with Crippen molar-refractivity contribution in [1.82, 2.24) is 0 Å². The minimum Gasteiger partial charge on any atom is -0.160 e. The number of azo groups is 1. The predicted octanol–water partition coefficient (Wildman–Crippen LogP) is 3.70. The molecule has 0 saturated carbocycles. The van der Waals surface area contributed by atoms with Crippen LogP contribution in [0.1, 0.15) is 20.8 Å². The summed E-state index contributed by atoms with van der Waals surface area (Å²) in [6.45, 7) is 9.60. The lowest BCUT2D eigenvalue weighted by Gasteiger charge is -2.01. The number of rotatable bonds is 4. The Labute approximate surface area is 74.4 Å². The lowest BCUT2D eigenvalue weighted by molar-refractivity contribution is 0.742. The summed E-state index contributed by atoms with van der Waals surface area (Å²) in [7, 11) is 0. The Morgan fingerprint density at radius 1 is 1.42 bits per heavy atom. The molecule has 0 fully saturated rings. The van der Waals surface area contributed by atoms with Gasteiger partial charge < -0.3 is 0 Å². The zero-order valence-corrected chi connectivity index (χ0v) is 7.99. The fourth-order valence-electron chi connectivity index (χ4n) is 0.644. The molecule has 0 heterocycles. The number of hydrogen-bond donors (Lipinski definition) is 0. The summed E-state index contributed by atoms with van der Waals surface area (Å²) in [6.07, 6.45) is 7.31. The van der Waals surface area contributed by atoms with E-state index in [2.05, 4.69) is 30.7 Å². The Morgan fingerprint density at radius 2 is 2.08 bits per heavy atom. The minimum atomic E-state index is 0.393. The summed E-state index contributed by atoms with van der Waals surface area (Å²) in [5.74, 6) is 0.393. The lowest BCUT2D eigenvalue weighted by Crippen LogP contribution is -1.88. The van der Waals surface area contributed by atoms with Crippen LogP contribution in [0.15, 0.2) is 46.9 Å². The van der Waals surface area contributed by atoms with E-state index in [0.29, 0.717) is 5.92 Å². The van der Waals surface area contributed by atoms with Crippen molar-refractivity contribution in [2.45, 2.75) is 20.8 Å². The highest BCUT2D eigenvalue weighted by Gasteiger charge is 1.98. The van der Waals surface area contributed by atoms with Crippen LogP contribution in [0.4, 0.5) is 0 Å². The smallest absolute Gasteiger partial charge is 0.0655 e. The van der Waals surface area contributed by atoms with E-state index in [4.69, 9.17) is 0 Å². The van der Waals surface area contributed by atoms with E-state index >= 15 is 0 Å². The SMILES string of the molecule is C=C\N=N/C(=C\C=C\C)C(C)C. The highest BCUT2D eigenvalue weighted by atomic mass is 15.1. The molecule has 0 aromatic rings. The first kappa shape index (κ1) is 10.8. The maximum atomic E-state index is 4.00. The monoisotopic (exact) mass is 164 g/mol. The van der Waals surface area contributed by atoms with E-state index in [1.807, 2.05) is 25.2 Å². The Hall–Kier alpha value is -1.18. The maximum Gasteiger partial charge on any atom is 0.0655 e. The Morgan fingerprint density at radius 3 is 2.50 bits per heavy atom. The molecule has 0 rings (SSSR count). The average Bonchev–Trinajstić information content (AvgIpc) is 2.04. The first-order chi connectivity index (χ1) is 5.72. The van der Waals surface area contributed by atoms with Crippen LogP contribution in [0.5, 0.6) is 0 Å². The Balaban J connectivity index is 4.42. The highest BCUT2D eigenvalue weighted by molar-refractivity contribution is 5.12.